The number of hydrogen-bond acceptors (Lipinski definition) is 2. The van der Waals surface area contributed by atoms with Crippen LogP contribution >= 0.6 is 11.6 Å². The maximum absolute atomic E-state index is 14.0. The quantitative estimate of drug-likeness (QED) is 0.212. The minimum atomic E-state index is -4.59. The highest BCUT2D eigenvalue weighted by atomic mass is 35.5. The molecule has 0 bridgehead atoms. The predicted octanol–water partition coefficient (Wildman–Crippen LogP) is 7.70. The van der Waals surface area contributed by atoms with Crippen LogP contribution in [0.15, 0.2) is 72.9 Å². The van der Waals surface area contributed by atoms with Gasteiger partial charge in [-0.1, -0.05) is 54.9 Å². The van der Waals surface area contributed by atoms with E-state index in [1.807, 2.05) is 25.1 Å². The smallest absolute Gasteiger partial charge is 0.417 e. The summed E-state index contributed by atoms with van der Waals surface area (Å²) < 4.78 is 42.0. The molecule has 0 aliphatic rings. The van der Waals surface area contributed by atoms with E-state index in [4.69, 9.17) is 16.7 Å². The Labute approximate surface area is 204 Å². The normalized spacial score (nSPS) is 12.8. The van der Waals surface area contributed by atoms with E-state index in [1.54, 1.807) is 30.5 Å². The first-order chi connectivity index (χ1) is 16.7. The zero-order valence-corrected chi connectivity index (χ0v) is 19.3. The van der Waals surface area contributed by atoms with Crippen LogP contribution in [0.1, 0.15) is 41.2 Å². The summed E-state index contributed by atoms with van der Waals surface area (Å²) in [4.78, 5) is 10.8. The molecule has 4 aromatic rings. The third-order valence-electron chi connectivity index (χ3n) is 5.61. The number of carboxylic acid groups (broad SMARTS) is 1. The molecule has 2 N–H and O–H groups in total. The molecule has 0 fully saturated rings. The summed E-state index contributed by atoms with van der Waals surface area (Å²) in [6.07, 6.45) is -0.130. The van der Waals surface area contributed by atoms with Crippen LogP contribution < -0.4 is 0 Å². The lowest BCUT2D eigenvalue weighted by Crippen LogP contribution is -2.10. The van der Waals surface area contributed by atoms with E-state index >= 15 is 0 Å². The number of aromatic amines is 1. The number of allylic oxidation sites excluding steroid dienone is 1. The molecule has 4 nitrogen and oxygen atoms in total. The molecule has 178 valence electrons. The number of benzene rings is 3. The third-order valence-corrected chi connectivity index (χ3v) is 5.85. The largest absolute Gasteiger partial charge is 0.478 e. The summed E-state index contributed by atoms with van der Waals surface area (Å²) >= 11 is 5.93. The Balaban J connectivity index is 1.99. The van der Waals surface area contributed by atoms with Gasteiger partial charge < -0.3 is 5.11 Å². The summed E-state index contributed by atoms with van der Waals surface area (Å²) in [7, 11) is 0. The average Bonchev–Trinajstić information content (AvgIpc) is 3.29. The summed E-state index contributed by atoms with van der Waals surface area (Å²) in [5.74, 6) is -1.07. The molecule has 0 spiro atoms. The van der Waals surface area contributed by atoms with Crippen molar-refractivity contribution < 1.29 is 23.1 Å². The van der Waals surface area contributed by atoms with Gasteiger partial charge in [-0.2, -0.15) is 18.3 Å². The molecule has 0 aliphatic carbocycles. The summed E-state index contributed by atoms with van der Waals surface area (Å²) in [6, 6.07) is 16.4. The van der Waals surface area contributed by atoms with Gasteiger partial charge in [0.15, 0.2) is 0 Å². The first-order valence-electron chi connectivity index (χ1n) is 10.7. The second-order valence-electron chi connectivity index (χ2n) is 7.86. The Morgan fingerprint density at radius 2 is 1.77 bits per heavy atom. The molecule has 8 heteroatoms. The van der Waals surface area contributed by atoms with Gasteiger partial charge in [-0.3, -0.25) is 5.10 Å². The topological polar surface area (TPSA) is 66.0 Å². The number of carboxylic acids is 1. The molecule has 0 atom stereocenters. The van der Waals surface area contributed by atoms with Crippen molar-refractivity contribution in [3.63, 3.8) is 0 Å². The van der Waals surface area contributed by atoms with Gasteiger partial charge in [-0.05, 0) is 70.2 Å². The lowest BCUT2D eigenvalue weighted by atomic mass is 9.85. The molecule has 3 aromatic carbocycles. The minimum Gasteiger partial charge on any atom is -0.478 e. The number of carbonyl (C=O) groups is 1. The van der Waals surface area contributed by atoms with Gasteiger partial charge in [-0.15, -0.1) is 0 Å². The van der Waals surface area contributed by atoms with Crippen LogP contribution in [0.2, 0.25) is 5.02 Å². The van der Waals surface area contributed by atoms with Crippen LogP contribution in [0, 0.1) is 0 Å². The molecule has 0 saturated heterocycles. The van der Waals surface area contributed by atoms with Crippen molar-refractivity contribution in [2.24, 2.45) is 0 Å². The fourth-order valence-electron chi connectivity index (χ4n) is 4.06. The van der Waals surface area contributed by atoms with Crippen molar-refractivity contribution in [1.29, 1.82) is 0 Å². The van der Waals surface area contributed by atoms with E-state index in [2.05, 4.69) is 10.2 Å². The molecular weight excluding hydrogens is 477 g/mol. The Morgan fingerprint density at radius 3 is 2.43 bits per heavy atom. The van der Waals surface area contributed by atoms with Crippen molar-refractivity contribution >= 4 is 45.7 Å². The number of halogens is 4. The van der Waals surface area contributed by atoms with Gasteiger partial charge in [0.1, 0.15) is 0 Å². The van der Waals surface area contributed by atoms with E-state index in [1.165, 1.54) is 18.2 Å². The van der Waals surface area contributed by atoms with E-state index in [0.29, 0.717) is 28.7 Å². The molecule has 0 radical (unpaired) electrons. The molecule has 0 amide bonds. The maximum Gasteiger partial charge on any atom is 0.417 e. The number of fused-ring (bicyclic) bond motifs is 1. The molecule has 1 heterocycles. The first kappa shape index (κ1) is 24.3. The molecule has 0 unspecified atom stereocenters. The van der Waals surface area contributed by atoms with Crippen LogP contribution in [0.25, 0.3) is 28.1 Å². The molecule has 0 saturated carbocycles. The van der Waals surface area contributed by atoms with Gasteiger partial charge in [0, 0.05) is 16.5 Å². The highest BCUT2D eigenvalue weighted by Gasteiger charge is 2.35. The van der Waals surface area contributed by atoms with Crippen LogP contribution in [0.5, 0.6) is 0 Å². The summed E-state index contributed by atoms with van der Waals surface area (Å²) in [6.45, 7) is 1.81. The standard InChI is InChI=1S/C27H20ClF3N2O2/c1-2-21(22-10-9-20(28)14-23(22)27(29,30)31)26(18-8-11-24-19(13-18)15-32-33-24)17-6-3-16(4-7-17)5-12-25(34)35/h3-15H,2H2,1H3,(H,32,33)(H,34,35)/b12-5+,26-21+. The number of hydrogen-bond donors (Lipinski definition) is 2. The predicted molar refractivity (Wildman–Crippen MR) is 132 cm³/mol. The van der Waals surface area contributed by atoms with Gasteiger partial charge in [-0.25, -0.2) is 4.79 Å². The number of nitrogens with one attached hydrogen (secondary N) is 1. The van der Waals surface area contributed by atoms with E-state index in [9.17, 15) is 18.0 Å². The molecule has 1 aromatic heterocycles. The van der Waals surface area contributed by atoms with E-state index in [-0.39, 0.29) is 10.6 Å². The Kier molecular flexibility index (Phi) is 6.80. The van der Waals surface area contributed by atoms with Crippen molar-refractivity contribution in [3.05, 3.63) is 106 Å². The van der Waals surface area contributed by atoms with Gasteiger partial charge in [0.25, 0.3) is 0 Å². The average molecular weight is 497 g/mol. The molecule has 35 heavy (non-hydrogen) atoms. The van der Waals surface area contributed by atoms with Crippen LogP contribution in [0.4, 0.5) is 13.2 Å². The SMILES string of the molecule is CC/C(=C(/c1ccc(/C=C/C(=O)O)cc1)c1ccc2[nH]ncc2c1)c1ccc(Cl)cc1C(F)(F)F. The Bertz CT molecular complexity index is 1450. The van der Waals surface area contributed by atoms with Crippen LogP contribution in [-0.4, -0.2) is 21.3 Å². The Hall–Kier alpha value is -3.84. The second-order valence-corrected chi connectivity index (χ2v) is 8.30. The van der Waals surface area contributed by atoms with Gasteiger partial charge in [0.2, 0.25) is 0 Å². The zero-order valence-electron chi connectivity index (χ0n) is 18.5. The number of nitrogens with zero attached hydrogens (tertiary/aromatic N) is 1. The molecule has 4 rings (SSSR count). The van der Waals surface area contributed by atoms with Crippen molar-refractivity contribution in [2.75, 3.05) is 0 Å². The van der Waals surface area contributed by atoms with E-state index in [0.717, 1.165) is 28.6 Å². The number of aliphatic carboxylic acids is 1. The lowest BCUT2D eigenvalue weighted by molar-refractivity contribution is -0.137. The second kappa shape index (κ2) is 9.80. The lowest BCUT2D eigenvalue weighted by Gasteiger charge is -2.20. The third kappa shape index (κ3) is 5.30. The highest BCUT2D eigenvalue weighted by molar-refractivity contribution is 6.30. The Morgan fingerprint density at radius 1 is 1.06 bits per heavy atom. The highest BCUT2D eigenvalue weighted by Crippen LogP contribution is 2.42. The van der Waals surface area contributed by atoms with Crippen LogP contribution in [-0.2, 0) is 11.0 Å². The van der Waals surface area contributed by atoms with Crippen molar-refractivity contribution in [2.45, 2.75) is 19.5 Å². The number of rotatable bonds is 6. The number of alkyl halides is 3. The molecule has 0 aliphatic heterocycles. The minimum absolute atomic E-state index is 0.00691. The first-order valence-corrected chi connectivity index (χ1v) is 11.1. The summed E-state index contributed by atoms with van der Waals surface area (Å²) in [5, 5.41) is 16.6. The monoisotopic (exact) mass is 496 g/mol. The van der Waals surface area contributed by atoms with Crippen LogP contribution in [0.3, 0.4) is 0 Å². The number of H-pyrrole nitrogens is 1. The van der Waals surface area contributed by atoms with E-state index < -0.39 is 17.7 Å². The fraction of sp³-hybridized carbons (Fsp3) is 0.111. The fourth-order valence-corrected chi connectivity index (χ4v) is 4.23. The number of aromatic nitrogens is 2. The summed E-state index contributed by atoms with van der Waals surface area (Å²) in [5.41, 5.74) is 3.28. The molecular formula is C27H20ClF3N2O2. The maximum atomic E-state index is 14.0. The zero-order chi connectivity index (χ0) is 25.2. The van der Waals surface area contributed by atoms with Crippen molar-refractivity contribution in [3.8, 4) is 0 Å². The van der Waals surface area contributed by atoms with Crippen molar-refractivity contribution in [1.82, 2.24) is 10.2 Å². The van der Waals surface area contributed by atoms with Gasteiger partial charge in [0.05, 0.1) is 17.3 Å². The van der Waals surface area contributed by atoms with Gasteiger partial charge >= 0.3 is 12.1 Å².